The summed E-state index contributed by atoms with van der Waals surface area (Å²) in [4.78, 5) is 27.5. The van der Waals surface area contributed by atoms with Gasteiger partial charge in [-0.3, -0.25) is 14.5 Å². The van der Waals surface area contributed by atoms with E-state index in [1.165, 1.54) is 4.90 Å². The highest BCUT2D eigenvalue weighted by atomic mass is 16.5. The van der Waals surface area contributed by atoms with Crippen LogP contribution in [0.2, 0.25) is 0 Å². The summed E-state index contributed by atoms with van der Waals surface area (Å²) in [5, 5.41) is 15.1. The third kappa shape index (κ3) is 4.39. The van der Waals surface area contributed by atoms with Gasteiger partial charge >= 0.3 is 5.91 Å². The number of amides is 1. The highest BCUT2D eigenvalue weighted by molar-refractivity contribution is 6.51. The fourth-order valence-corrected chi connectivity index (χ4v) is 3.88. The standard InChI is InChI=1S/C26H26N2O6/c1-5-32-19-10-6-17(7-11-19)23-22(24(29)18-8-12-20(13-9-18)33-15(2)3)25(30)26(31)28(23)21-14-16(4)34-27-21/h6-15,23,29H,5H2,1-4H3/b24-22+. The highest BCUT2D eigenvalue weighted by Gasteiger charge is 2.48. The minimum atomic E-state index is -0.897. The fraction of sp³-hybridized carbons (Fsp3) is 0.269. The number of Topliss-reactive ketones (excluding diaryl/α,β-unsaturated/α-hetero) is 1. The molecule has 0 bridgehead atoms. The first kappa shape index (κ1) is 23.1. The third-order valence-electron chi connectivity index (χ3n) is 5.31. The van der Waals surface area contributed by atoms with E-state index in [1.807, 2.05) is 20.8 Å². The number of anilines is 1. The van der Waals surface area contributed by atoms with Gasteiger partial charge in [-0.15, -0.1) is 0 Å². The number of ketones is 1. The maximum atomic E-state index is 13.2. The van der Waals surface area contributed by atoms with Gasteiger partial charge in [-0.2, -0.15) is 0 Å². The first-order valence-electron chi connectivity index (χ1n) is 11.0. The fourth-order valence-electron chi connectivity index (χ4n) is 3.88. The Hall–Kier alpha value is -4.07. The van der Waals surface area contributed by atoms with E-state index in [0.29, 0.717) is 35.0 Å². The summed E-state index contributed by atoms with van der Waals surface area (Å²) in [6.07, 6.45) is -0.00431. The lowest BCUT2D eigenvalue weighted by Crippen LogP contribution is -2.29. The third-order valence-corrected chi connectivity index (χ3v) is 5.31. The maximum absolute atomic E-state index is 13.2. The Bertz CT molecular complexity index is 1220. The minimum Gasteiger partial charge on any atom is -0.507 e. The molecule has 0 radical (unpaired) electrons. The lowest BCUT2D eigenvalue weighted by Gasteiger charge is -2.23. The molecule has 3 aromatic rings. The van der Waals surface area contributed by atoms with Gasteiger partial charge in [0.15, 0.2) is 5.82 Å². The molecule has 1 atom stereocenters. The molecule has 1 amide bonds. The van der Waals surface area contributed by atoms with Crippen LogP contribution in [0.5, 0.6) is 11.5 Å². The Balaban J connectivity index is 1.83. The summed E-state index contributed by atoms with van der Waals surface area (Å²) in [6.45, 7) is 7.91. The number of nitrogens with zero attached hydrogens (tertiary/aromatic N) is 2. The normalized spacial score (nSPS) is 17.4. The quantitative estimate of drug-likeness (QED) is 0.306. The van der Waals surface area contributed by atoms with Gasteiger partial charge in [0.2, 0.25) is 0 Å². The summed E-state index contributed by atoms with van der Waals surface area (Å²) in [5.41, 5.74) is 0.971. The van der Waals surface area contributed by atoms with Gasteiger partial charge < -0.3 is 19.1 Å². The zero-order chi connectivity index (χ0) is 24.4. The van der Waals surface area contributed by atoms with Gasteiger partial charge in [-0.05, 0) is 69.7 Å². The molecule has 1 aliphatic heterocycles. The number of hydrogen-bond acceptors (Lipinski definition) is 7. The average Bonchev–Trinajstić information content (AvgIpc) is 3.35. The number of carbonyl (C=O) groups excluding carboxylic acids is 2. The number of ether oxygens (including phenoxy) is 2. The minimum absolute atomic E-state index is 0.00431. The number of aryl methyl sites for hydroxylation is 1. The van der Waals surface area contributed by atoms with Gasteiger partial charge in [-0.1, -0.05) is 17.3 Å². The molecule has 1 fully saturated rings. The molecule has 34 heavy (non-hydrogen) atoms. The van der Waals surface area contributed by atoms with Crippen molar-refractivity contribution in [3.8, 4) is 11.5 Å². The SMILES string of the molecule is CCOc1ccc(C2/C(=C(\O)c3ccc(OC(C)C)cc3)C(=O)C(=O)N2c2cc(C)on2)cc1. The van der Waals surface area contributed by atoms with E-state index in [2.05, 4.69) is 5.16 Å². The number of rotatable bonds is 7. The van der Waals surface area contributed by atoms with E-state index in [1.54, 1.807) is 61.5 Å². The number of hydrogen-bond donors (Lipinski definition) is 1. The van der Waals surface area contributed by atoms with Crippen LogP contribution in [0, 0.1) is 6.92 Å². The summed E-state index contributed by atoms with van der Waals surface area (Å²) in [6, 6.07) is 14.4. The van der Waals surface area contributed by atoms with E-state index in [4.69, 9.17) is 14.0 Å². The molecular formula is C26H26N2O6. The molecule has 0 aliphatic carbocycles. The monoisotopic (exact) mass is 462 g/mol. The van der Waals surface area contributed by atoms with Crippen molar-refractivity contribution in [2.24, 2.45) is 0 Å². The van der Waals surface area contributed by atoms with Crippen LogP contribution in [0.3, 0.4) is 0 Å². The summed E-state index contributed by atoms with van der Waals surface area (Å²) >= 11 is 0. The van der Waals surface area contributed by atoms with Crippen molar-refractivity contribution in [2.75, 3.05) is 11.5 Å². The number of aliphatic hydroxyl groups is 1. The Labute approximate surface area is 197 Å². The highest BCUT2D eigenvalue weighted by Crippen LogP contribution is 2.42. The van der Waals surface area contributed by atoms with E-state index >= 15 is 0 Å². The predicted octanol–water partition coefficient (Wildman–Crippen LogP) is 4.80. The Morgan fingerprint density at radius 3 is 2.29 bits per heavy atom. The smallest absolute Gasteiger partial charge is 0.301 e. The molecule has 1 aliphatic rings. The largest absolute Gasteiger partial charge is 0.507 e. The Morgan fingerprint density at radius 2 is 1.74 bits per heavy atom. The first-order chi connectivity index (χ1) is 16.3. The van der Waals surface area contributed by atoms with E-state index < -0.39 is 17.7 Å². The number of aliphatic hydroxyl groups excluding tert-OH is 1. The van der Waals surface area contributed by atoms with Crippen molar-refractivity contribution in [2.45, 2.75) is 39.8 Å². The van der Waals surface area contributed by atoms with Crippen LogP contribution in [-0.2, 0) is 9.59 Å². The zero-order valence-corrected chi connectivity index (χ0v) is 19.4. The van der Waals surface area contributed by atoms with Crippen LogP contribution < -0.4 is 14.4 Å². The molecule has 0 spiro atoms. The molecule has 1 saturated heterocycles. The van der Waals surface area contributed by atoms with Crippen LogP contribution in [0.1, 0.15) is 43.7 Å². The summed E-state index contributed by atoms with van der Waals surface area (Å²) in [7, 11) is 0. The Kier molecular flexibility index (Phi) is 6.40. The maximum Gasteiger partial charge on any atom is 0.301 e. The van der Waals surface area contributed by atoms with Crippen LogP contribution in [0.15, 0.2) is 64.7 Å². The molecule has 2 heterocycles. The average molecular weight is 463 g/mol. The lowest BCUT2D eigenvalue weighted by molar-refractivity contribution is -0.132. The molecule has 176 valence electrons. The van der Waals surface area contributed by atoms with Crippen molar-refractivity contribution < 1.29 is 28.7 Å². The molecule has 0 saturated carbocycles. The Morgan fingerprint density at radius 1 is 1.09 bits per heavy atom. The second kappa shape index (κ2) is 9.43. The van der Waals surface area contributed by atoms with Crippen LogP contribution in [0.4, 0.5) is 5.82 Å². The van der Waals surface area contributed by atoms with Gasteiger partial charge in [0.1, 0.15) is 23.0 Å². The van der Waals surface area contributed by atoms with Crippen molar-refractivity contribution in [3.05, 3.63) is 77.1 Å². The van der Waals surface area contributed by atoms with Crippen molar-refractivity contribution in [1.29, 1.82) is 0 Å². The van der Waals surface area contributed by atoms with Gasteiger partial charge in [0.05, 0.1) is 24.3 Å². The van der Waals surface area contributed by atoms with Gasteiger partial charge in [-0.25, -0.2) is 0 Å². The van der Waals surface area contributed by atoms with Crippen LogP contribution in [0.25, 0.3) is 5.76 Å². The molecule has 2 aromatic carbocycles. The molecule has 8 heteroatoms. The number of aromatic nitrogens is 1. The molecular weight excluding hydrogens is 436 g/mol. The number of benzene rings is 2. The van der Waals surface area contributed by atoms with Crippen molar-refractivity contribution in [3.63, 3.8) is 0 Å². The molecule has 1 aromatic heterocycles. The summed E-state index contributed by atoms with van der Waals surface area (Å²) < 4.78 is 16.3. The van der Waals surface area contributed by atoms with E-state index in [-0.39, 0.29) is 23.3 Å². The summed E-state index contributed by atoms with van der Waals surface area (Å²) in [5.74, 6) is 0.0831. The topological polar surface area (TPSA) is 102 Å². The van der Waals surface area contributed by atoms with Gasteiger partial charge in [0.25, 0.3) is 5.78 Å². The zero-order valence-electron chi connectivity index (χ0n) is 19.4. The first-order valence-corrected chi connectivity index (χ1v) is 11.0. The van der Waals surface area contributed by atoms with Crippen LogP contribution in [-0.4, -0.2) is 34.7 Å². The van der Waals surface area contributed by atoms with E-state index in [0.717, 1.165) is 0 Å². The molecule has 4 rings (SSSR count). The molecule has 1 unspecified atom stereocenters. The number of carbonyl (C=O) groups is 2. The van der Waals surface area contributed by atoms with Crippen molar-refractivity contribution in [1.82, 2.24) is 5.16 Å². The molecule has 8 nitrogen and oxygen atoms in total. The predicted molar refractivity (Wildman–Crippen MR) is 126 cm³/mol. The lowest BCUT2D eigenvalue weighted by atomic mass is 9.95. The van der Waals surface area contributed by atoms with E-state index in [9.17, 15) is 14.7 Å². The van der Waals surface area contributed by atoms with Crippen molar-refractivity contribution >= 4 is 23.3 Å². The van der Waals surface area contributed by atoms with Crippen LogP contribution >= 0.6 is 0 Å². The molecule has 1 N–H and O–H groups in total. The van der Waals surface area contributed by atoms with Gasteiger partial charge in [0, 0.05) is 11.6 Å². The second-order valence-electron chi connectivity index (χ2n) is 8.16. The second-order valence-corrected chi connectivity index (χ2v) is 8.16.